The Bertz CT molecular complexity index is 598. The Hall–Kier alpha value is -0.680. The highest BCUT2D eigenvalue weighted by molar-refractivity contribution is 9.10. The molecular formula is C17H20BrNOS. The summed E-state index contributed by atoms with van der Waals surface area (Å²) in [5.74, 6) is 0. The van der Waals surface area contributed by atoms with E-state index in [1.165, 1.54) is 20.5 Å². The standard InChI is InChI=1S/C17H20BrNOS/c1-2-19-16(10-14-9-13(18)11-21-14)17-15-6-4-3-5-12(15)7-8-20-17/h3-6,9,11,16-17,19H,2,7-8,10H2,1H3. The van der Waals surface area contributed by atoms with Crippen molar-refractivity contribution in [1.29, 1.82) is 0 Å². The lowest BCUT2D eigenvalue weighted by Crippen LogP contribution is -2.39. The summed E-state index contributed by atoms with van der Waals surface area (Å²) in [5, 5.41) is 5.76. The van der Waals surface area contributed by atoms with Crippen molar-refractivity contribution in [3.05, 3.63) is 56.2 Å². The number of fused-ring (bicyclic) bond motifs is 1. The van der Waals surface area contributed by atoms with E-state index in [0.717, 1.165) is 26.0 Å². The predicted octanol–water partition coefficient (Wildman–Crippen LogP) is 4.35. The summed E-state index contributed by atoms with van der Waals surface area (Å²) in [4.78, 5) is 1.39. The highest BCUT2D eigenvalue weighted by Crippen LogP contribution is 2.32. The average Bonchev–Trinajstić information content (AvgIpc) is 2.91. The molecule has 0 amide bonds. The topological polar surface area (TPSA) is 21.3 Å². The van der Waals surface area contributed by atoms with Gasteiger partial charge in [-0.15, -0.1) is 11.3 Å². The first kappa shape index (κ1) is 15.2. The van der Waals surface area contributed by atoms with Gasteiger partial charge in [0.2, 0.25) is 0 Å². The number of halogens is 1. The molecular weight excluding hydrogens is 346 g/mol. The van der Waals surface area contributed by atoms with Crippen molar-refractivity contribution in [1.82, 2.24) is 5.32 Å². The third kappa shape index (κ3) is 3.57. The first-order valence-electron chi connectivity index (χ1n) is 7.43. The Morgan fingerprint density at radius 3 is 3.05 bits per heavy atom. The fraction of sp³-hybridized carbons (Fsp3) is 0.412. The van der Waals surface area contributed by atoms with Gasteiger partial charge in [-0.25, -0.2) is 0 Å². The van der Waals surface area contributed by atoms with E-state index in [-0.39, 0.29) is 6.10 Å². The molecule has 21 heavy (non-hydrogen) atoms. The van der Waals surface area contributed by atoms with Crippen molar-refractivity contribution in [3.8, 4) is 0 Å². The first-order chi connectivity index (χ1) is 10.3. The lowest BCUT2D eigenvalue weighted by atomic mass is 9.91. The van der Waals surface area contributed by atoms with Crippen LogP contribution in [0, 0.1) is 0 Å². The Kier molecular flexibility index (Phi) is 5.11. The zero-order valence-electron chi connectivity index (χ0n) is 12.1. The van der Waals surface area contributed by atoms with E-state index >= 15 is 0 Å². The zero-order valence-corrected chi connectivity index (χ0v) is 14.5. The lowest BCUT2D eigenvalue weighted by molar-refractivity contribution is 0.0159. The smallest absolute Gasteiger partial charge is 0.0984 e. The maximum Gasteiger partial charge on any atom is 0.0984 e. The second-order valence-corrected chi connectivity index (χ2v) is 7.25. The molecule has 2 unspecified atom stereocenters. The molecule has 1 N–H and O–H groups in total. The monoisotopic (exact) mass is 365 g/mol. The minimum absolute atomic E-state index is 0.149. The molecule has 1 aromatic heterocycles. The predicted molar refractivity (Wildman–Crippen MR) is 92.0 cm³/mol. The molecule has 3 rings (SSSR count). The second kappa shape index (κ2) is 7.05. The van der Waals surface area contributed by atoms with Gasteiger partial charge in [0.15, 0.2) is 0 Å². The van der Waals surface area contributed by atoms with E-state index in [9.17, 15) is 0 Å². The number of likely N-dealkylation sites (N-methyl/N-ethyl adjacent to an activating group) is 1. The van der Waals surface area contributed by atoms with Gasteiger partial charge in [-0.05, 0) is 52.5 Å². The first-order valence-corrected chi connectivity index (χ1v) is 9.11. The van der Waals surface area contributed by atoms with Gasteiger partial charge < -0.3 is 10.1 Å². The van der Waals surface area contributed by atoms with E-state index in [1.54, 1.807) is 11.3 Å². The molecule has 2 heterocycles. The Morgan fingerprint density at radius 1 is 1.43 bits per heavy atom. The minimum atomic E-state index is 0.149. The molecule has 0 saturated heterocycles. The Balaban J connectivity index is 1.84. The van der Waals surface area contributed by atoms with Crippen LogP contribution in [0.15, 0.2) is 40.2 Å². The van der Waals surface area contributed by atoms with Crippen molar-refractivity contribution >= 4 is 27.3 Å². The number of thiophene rings is 1. The Morgan fingerprint density at radius 2 is 2.29 bits per heavy atom. The quantitative estimate of drug-likeness (QED) is 0.850. The molecule has 2 aromatic rings. The maximum absolute atomic E-state index is 6.13. The van der Waals surface area contributed by atoms with E-state index in [4.69, 9.17) is 4.74 Å². The van der Waals surface area contributed by atoms with E-state index in [2.05, 4.69) is 63.9 Å². The van der Waals surface area contributed by atoms with Gasteiger partial charge in [-0.3, -0.25) is 0 Å². The molecule has 2 nitrogen and oxygen atoms in total. The van der Waals surface area contributed by atoms with Gasteiger partial charge in [-0.2, -0.15) is 0 Å². The molecule has 112 valence electrons. The van der Waals surface area contributed by atoms with Crippen LogP contribution < -0.4 is 5.32 Å². The summed E-state index contributed by atoms with van der Waals surface area (Å²) in [6.45, 7) is 3.93. The summed E-state index contributed by atoms with van der Waals surface area (Å²) in [6.07, 6.45) is 2.18. The van der Waals surface area contributed by atoms with Crippen LogP contribution in [0.1, 0.15) is 29.0 Å². The van der Waals surface area contributed by atoms with Crippen LogP contribution in [0.2, 0.25) is 0 Å². The van der Waals surface area contributed by atoms with Crippen LogP contribution >= 0.6 is 27.3 Å². The summed E-state index contributed by atoms with van der Waals surface area (Å²) >= 11 is 5.35. The van der Waals surface area contributed by atoms with Gasteiger partial charge in [0.05, 0.1) is 12.7 Å². The van der Waals surface area contributed by atoms with Crippen molar-refractivity contribution in [2.75, 3.05) is 13.2 Å². The Labute approximate surface area is 138 Å². The van der Waals surface area contributed by atoms with Crippen LogP contribution in [0.4, 0.5) is 0 Å². The van der Waals surface area contributed by atoms with Crippen LogP contribution in [0.3, 0.4) is 0 Å². The summed E-state index contributed by atoms with van der Waals surface area (Å²) in [7, 11) is 0. The summed E-state index contributed by atoms with van der Waals surface area (Å²) in [6, 6.07) is 11.2. The van der Waals surface area contributed by atoms with E-state index < -0.39 is 0 Å². The number of hydrogen-bond donors (Lipinski definition) is 1. The minimum Gasteiger partial charge on any atom is -0.372 e. The molecule has 0 saturated carbocycles. The number of nitrogens with one attached hydrogen (secondary N) is 1. The van der Waals surface area contributed by atoms with Crippen LogP contribution in [-0.2, 0) is 17.6 Å². The molecule has 1 aromatic carbocycles. The fourth-order valence-corrected chi connectivity index (χ4v) is 4.50. The fourth-order valence-electron chi connectivity index (χ4n) is 2.98. The number of hydrogen-bond acceptors (Lipinski definition) is 3. The van der Waals surface area contributed by atoms with E-state index in [1.807, 2.05) is 0 Å². The molecule has 2 atom stereocenters. The van der Waals surface area contributed by atoms with E-state index in [0.29, 0.717) is 6.04 Å². The second-order valence-electron chi connectivity index (χ2n) is 5.34. The SMILES string of the molecule is CCNC(Cc1cc(Br)cs1)C1OCCc2ccccc21. The number of benzene rings is 1. The van der Waals surface area contributed by atoms with Gasteiger partial charge in [-0.1, -0.05) is 31.2 Å². The highest BCUT2D eigenvalue weighted by Gasteiger charge is 2.28. The molecule has 4 heteroatoms. The highest BCUT2D eigenvalue weighted by atomic mass is 79.9. The summed E-state index contributed by atoms with van der Waals surface area (Å²) < 4.78 is 7.30. The molecule has 0 bridgehead atoms. The maximum atomic E-state index is 6.13. The number of rotatable bonds is 5. The van der Waals surface area contributed by atoms with Crippen molar-refractivity contribution in [2.45, 2.75) is 31.9 Å². The third-order valence-electron chi connectivity index (χ3n) is 3.91. The number of ether oxygens (including phenoxy) is 1. The molecule has 0 aliphatic carbocycles. The van der Waals surface area contributed by atoms with Crippen LogP contribution in [0.25, 0.3) is 0 Å². The normalized spacial score (nSPS) is 19.2. The van der Waals surface area contributed by atoms with Gasteiger partial charge >= 0.3 is 0 Å². The lowest BCUT2D eigenvalue weighted by Gasteiger charge is -2.33. The zero-order chi connectivity index (χ0) is 14.7. The van der Waals surface area contributed by atoms with Crippen molar-refractivity contribution in [3.63, 3.8) is 0 Å². The molecule has 1 aliphatic heterocycles. The molecule has 0 spiro atoms. The molecule has 0 radical (unpaired) electrons. The van der Waals surface area contributed by atoms with Crippen LogP contribution in [0.5, 0.6) is 0 Å². The molecule has 1 aliphatic rings. The molecule has 0 fully saturated rings. The average molecular weight is 366 g/mol. The third-order valence-corrected chi connectivity index (χ3v) is 5.62. The van der Waals surface area contributed by atoms with Gasteiger partial charge in [0.1, 0.15) is 0 Å². The van der Waals surface area contributed by atoms with Gasteiger partial charge in [0, 0.05) is 20.8 Å². The largest absolute Gasteiger partial charge is 0.372 e. The summed E-state index contributed by atoms with van der Waals surface area (Å²) in [5.41, 5.74) is 2.79. The van der Waals surface area contributed by atoms with Crippen LogP contribution in [-0.4, -0.2) is 19.2 Å². The van der Waals surface area contributed by atoms with Gasteiger partial charge in [0.25, 0.3) is 0 Å². The van der Waals surface area contributed by atoms with Crippen molar-refractivity contribution in [2.24, 2.45) is 0 Å². The van der Waals surface area contributed by atoms with Crippen molar-refractivity contribution < 1.29 is 4.74 Å².